The Morgan fingerprint density at radius 1 is 1.06 bits per heavy atom. The zero-order valence-corrected chi connectivity index (χ0v) is 20.6. The first-order valence-electron chi connectivity index (χ1n) is 12.7. The van der Waals surface area contributed by atoms with Crippen molar-refractivity contribution < 1.29 is 14.3 Å². The molecule has 7 heteroatoms. The number of carbonyl (C=O) groups excluding carboxylic acids is 2. The highest BCUT2D eigenvalue weighted by molar-refractivity contribution is 6.00. The van der Waals surface area contributed by atoms with Gasteiger partial charge in [-0.05, 0) is 79.8 Å². The number of amides is 2. The third kappa shape index (κ3) is 5.25. The van der Waals surface area contributed by atoms with Gasteiger partial charge in [0.1, 0.15) is 0 Å². The van der Waals surface area contributed by atoms with Crippen LogP contribution in [0.2, 0.25) is 0 Å². The van der Waals surface area contributed by atoms with Crippen molar-refractivity contribution in [2.75, 3.05) is 33.4 Å². The molecule has 0 atom stereocenters. The number of piperidine rings is 1. The van der Waals surface area contributed by atoms with Crippen molar-refractivity contribution in [2.24, 2.45) is 5.92 Å². The van der Waals surface area contributed by atoms with Crippen LogP contribution >= 0.6 is 0 Å². The van der Waals surface area contributed by atoms with Gasteiger partial charge in [0.15, 0.2) is 0 Å². The fourth-order valence-electron chi connectivity index (χ4n) is 5.06. The summed E-state index contributed by atoms with van der Waals surface area (Å²) in [6, 6.07) is 12.0. The molecule has 1 aliphatic heterocycles. The van der Waals surface area contributed by atoms with E-state index in [2.05, 4.69) is 23.6 Å². The molecule has 1 saturated carbocycles. The summed E-state index contributed by atoms with van der Waals surface area (Å²) in [5, 5.41) is 8.65. The summed E-state index contributed by atoms with van der Waals surface area (Å²) in [4.78, 5) is 27.5. The van der Waals surface area contributed by atoms with Crippen molar-refractivity contribution in [3.05, 3.63) is 64.8 Å². The molecule has 5 rings (SSSR count). The Hall–Kier alpha value is -3.19. The number of nitrogens with zero attached hydrogens (tertiary/aromatic N) is 3. The summed E-state index contributed by atoms with van der Waals surface area (Å²) in [5.41, 5.74) is 4.67. The maximum absolute atomic E-state index is 13.0. The fourth-order valence-corrected chi connectivity index (χ4v) is 5.06. The van der Waals surface area contributed by atoms with Crippen LogP contribution in [0.1, 0.15) is 63.4 Å². The molecular formula is C28H34N4O3. The summed E-state index contributed by atoms with van der Waals surface area (Å²) in [6.45, 7) is 5.32. The molecule has 7 nitrogen and oxygen atoms in total. The first-order valence-corrected chi connectivity index (χ1v) is 12.7. The molecule has 3 aromatic rings. The van der Waals surface area contributed by atoms with Gasteiger partial charge >= 0.3 is 0 Å². The van der Waals surface area contributed by atoms with E-state index in [1.54, 1.807) is 7.11 Å². The quantitative estimate of drug-likeness (QED) is 0.498. The fraction of sp³-hybridized carbons (Fsp3) is 0.464. The molecule has 35 heavy (non-hydrogen) atoms. The molecule has 1 aromatic heterocycles. The molecule has 2 heterocycles. The predicted molar refractivity (Wildman–Crippen MR) is 136 cm³/mol. The lowest BCUT2D eigenvalue weighted by Gasteiger charge is -2.32. The number of methoxy groups -OCH3 is 1. The molecule has 184 valence electrons. The predicted octanol–water partition coefficient (Wildman–Crippen LogP) is 4.15. The number of aryl methyl sites for hydroxylation is 1. The summed E-state index contributed by atoms with van der Waals surface area (Å²) >= 11 is 0. The molecule has 2 aliphatic rings. The van der Waals surface area contributed by atoms with E-state index >= 15 is 0 Å². The van der Waals surface area contributed by atoms with Gasteiger partial charge in [-0.1, -0.05) is 12.1 Å². The molecule has 0 unspecified atom stereocenters. The molecule has 0 radical (unpaired) electrons. The van der Waals surface area contributed by atoms with Gasteiger partial charge in [0.25, 0.3) is 11.8 Å². The van der Waals surface area contributed by atoms with Crippen LogP contribution in [0.15, 0.2) is 42.6 Å². The molecule has 1 saturated heterocycles. The minimum atomic E-state index is -0.0894. The van der Waals surface area contributed by atoms with E-state index in [9.17, 15) is 9.59 Å². The van der Waals surface area contributed by atoms with Gasteiger partial charge in [-0.2, -0.15) is 5.10 Å². The van der Waals surface area contributed by atoms with Crippen molar-refractivity contribution in [3.8, 4) is 0 Å². The van der Waals surface area contributed by atoms with Crippen molar-refractivity contribution in [2.45, 2.75) is 45.1 Å². The number of rotatable bonds is 8. The monoisotopic (exact) mass is 474 g/mol. The standard InChI is InChI=1S/C28H34N4O3/c1-19-24(27(33)29-13-16-35-2)9-10-26-25(19)18-32(30-26)17-20-11-14-31(15-12-20)28(34)23-7-5-22(6-8-23)21-3-4-21/h5-10,18,20-21H,3-4,11-17H2,1-2H3,(H,29,33). The van der Waals surface area contributed by atoms with Gasteiger partial charge in [0, 0.05) is 56.0 Å². The lowest BCUT2D eigenvalue weighted by Crippen LogP contribution is -2.39. The highest BCUT2D eigenvalue weighted by Crippen LogP contribution is 2.40. The maximum Gasteiger partial charge on any atom is 0.253 e. The van der Waals surface area contributed by atoms with E-state index in [0.717, 1.165) is 54.5 Å². The Kier molecular flexibility index (Phi) is 6.86. The number of aromatic nitrogens is 2. The van der Waals surface area contributed by atoms with Crippen molar-refractivity contribution in [3.63, 3.8) is 0 Å². The van der Waals surface area contributed by atoms with E-state index in [4.69, 9.17) is 9.84 Å². The van der Waals surface area contributed by atoms with E-state index in [1.165, 1.54) is 18.4 Å². The van der Waals surface area contributed by atoms with E-state index in [-0.39, 0.29) is 11.8 Å². The van der Waals surface area contributed by atoms with Crippen LogP contribution in [0.4, 0.5) is 0 Å². The number of fused-ring (bicyclic) bond motifs is 1. The molecule has 0 spiro atoms. The van der Waals surface area contributed by atoms with Crippen molar-refractivity contribution in [1.29, 1.82) is 0 Å². The Morgan fingerprint density at radius 3 is 2.49 bits per heavy atom. The average molecular weight is 475 g/mol. The first kappa shape index (κ1) is 23.5. The van der Waals surface area contributed by atoms with E-state index in [0.29, 0.717) is 30.6 Å². The normalized spacial score (nSPS) is 16.6. The first-order chi connectivity index (χ1) is 17.0. The van der Waals surface area contributed by atoms with Gasteiger partial charge in [0.2, 0.25) is 0 Å². The Labute approximate surface area is 206 Å². The molecule has 2 aromatic carbocycles. The topological polar surface area (TPSA) is 76.5 Å². The minimum Gasteiger partial charge on any atom is -0.383 e. The Morgan fingerprint density at radius 2 is 1.80 bits per heavy atom. The smallest absolute Gasteiger partial charge is 0.253 e. The van der Waals surface area contributed by atoms with Gasteiger partial charge in [0.05, 0.1) is 12.1 Å². The van der Waals surface area contributed by atoms with Crippen LogP contribution in [-0.4, -0.2) is 59.8 Å². The van der Waals surface area contributed by atoms with Crippen LogP contribution in [0.25, 0.3) is 10.9 Å². The van der Waals surface area contributed by atoms with E-state index in [1.807, 2.05) is 40.8 Å². The van der Waals surface area contributed by atoms with Crippen LogP contribution in [0.5, 0.6) is 0 Å². The number of nitrogens with one attached hydrogen (secondary N) is 1. The number of likely N-dealkylation sites (tertiary alicyclic amines) is 1. The van der Waals surface area contributed by atoms with Crippen LogP contribution in [-0.2, 0) is 11.3 Å². The molecule has 1 N–H and O–H groups in total. The zero-order valence-electron chi connectivity index (χ0n) is 20.6. The molecular weight excluding hydrogens is 440 g/mol. The van der Waals surface area contributed by atoms with Crippen molar-refractivity contribution >= 4 is 22.7 Å². The molecule has 0 bridgehead atoms. The number of hydrogen-bond acceptors (Lipinski definition) is 4. The van der Waals surface area contributed by atoms with Gasteiger partial charge in [-0.25, -0.2) is 0 Å². The SMILES string of the molecule is COCCNC(=O)c1ccc2nn(CC3CCN(C(=O)c4ccc(C5CC5)cc4)CC3)cc2c1C. The van der Waals surface area contributed by atoms with E-state index < -0.39 is 0 Å². The summed E-state index contributed by atoms with van der Waals surface area (Å²) < 4.78 is 7.01. The molecule has 2 amide bonds. The molecule has 1 aliphatic carbocycles. The third-order valence-corrected chi connectivity index (χ3v) is 7.40. The number of carbonyl (C=O) groups is 2. The van der Waals surface area contributed by atoms with Crippen LogP contribution in [0, 0.1) is 12.8 Å². The molecule has 2 fully saturated rings. The Bertz CT molecular complexity index is 1200. The highest BCUT2D eigenvalue weighted by Gasteiger charge is 2.26. The second-order valence-electron chi connectivity index (χ2n) is 9.90. The second-order valence-corrected chi connectivity index (χ2v) is 9.90. The van der Waals surface area contributed by atoms with Gasteiger partial charge < -0.3 is 15.0 Å². The lowest BCUT2D eigenvalue weighted by atomic mass is 9.96. The minimum absolute atomic E-state index is 0.0894. The number of benzene rings is 2. The summed E-state index contributed by atoms with van der Waals surface area (Å²) in [6.07, 6.45) is 6.53. The highest BCUT2D eigenvalue weighted by atomic mass is 16.5. The summed E-state index contributed by atoms with van der Waals surface area (Å²) in [5.74, 6) is 1.24. The van der Waals surface area contributed by atoms with Crippen molar-refractivity contribution in [1.82, 2.24) is 20.0 Å². The lowest BCUT2D eigenvalue weighted by molar-refractivity contribution is 0.0681. The average Bonchev–Trinajstić information content (AvgIpc) is 3.64. The number of ether oxygens (including phenoxy) is 1. The third-order valence-electron chi connectivity index (χ3n) is 7.40. The number of hydrogen-bond donors (Lipinski definition) is 1. The zero-order chi connectivity index (χ0) is 24.4. The summed E-state index contributed by atoms with van der Waals surface area (Å²) in [7, 11) is 1.62. The van der Waals surface area contributed by atoms with Crippen LogP contribution in [0.3, 0.4) is 0 Å². The van der Waals surface area contributed by atoms with Gasteiger partial charge in [-0.15, -0.1) is 0 Å². The maximum atomic E-state index is 13.0. The second kappa shape index (κ2) is 10.2. The van der Waals surface area contributed by atoms with Crippen LogP contribution < -0.4 is 5.32 Å². The largest absolute Gasteiger partial charge is 0.383 e. The van der Waals surface area contributed by atoms with Gasteiger partial charge in [-0.3, -0.25) is 14.3 Å². The Balaban J connectivity index is 1.18.